The SMILES string of the molecule is CN=C1COCCN1c1ccc(NC(=O)C2(C([NH])=O)CCC2)cc1C. The molecule has 1 heterocycles. The number of nitrogens with one attached hydrogen (secondary N) is 2. The Hall–Kier alpha value is -2.41. The molecule has 0 atom stereocenters. The van der Waals surface area contributed by atoms with Crippen LogP contribution in [0.1, 0.15) is 24.8 Å². The fourth-order valence-corrected chi connectivity index (χ4v) is 3.35. The molecule has 7 nitrogen and oxygen atoms in total. The Bertz CT molecular complexity index is 725. The average Bonchev–Trinajstić information content (AvgIpc) is 2.53. The minimum atomic E-state index is -1.15. The summed E-state index contributed by atoms with van der Waals surface area (Å²) in [5.74, 6) is -0.283. The molecule has 1 radical (unpaired) electrons. The van der Waals surface area contributed by atoms with Gasteiger partial charge in [-0.25, -0.2) is 0 Å². The number of aliphatic imine (C=N–C) groups is 1. The summed E-state index contributed by atoms with van der Waals surface area (Å²) >= 11 is 0. The molecule has 1 saturated heterocycles. The van der Waals surface area contributed by atoms with Gasteiger partial charge < -0.3 is 15.0 Å². The van der Waals surface area contributed by atoms with E-state index in [-0.39, 0.29) is 5.91 Å². The molecule has 25 heavy (non-hydrogen) atoms. The number of amidine groups is 1. The van der Waals surface area contributed by atoms with E-state index in [2.05, 4.69) is 15.2 Å². The van der Waals surface area contributed by atoms with Crippen molar-refractivity contribution in [3.05, 3.63) is 23.8 Å². The van der Waals surface area contributed by atoms with Crippen LogP contribution in [0.4, 0.5) is 11.4 Å². The van der Waals surface area contributed by atoms with Gasteiger partial charge in [-0.1, -0.05) is 6.42 Å². The fourth-order valence-electron chi connectivity index (χ4n) is 3.35. The zero-order valence-corrected chi connectivity index (χ0v) is 14.6. The molecule has 3 rings (SSSR count). The largest absolute Gasteiger partial charge is 0.372 e. The number of aryl methyl sites for hydroxylation is 1. The summed E-state index contributed by atoms with van der Waals surface area (Å²) < 4.78 is 5.44. The summed E-state index contributed by atoms with van der Waals surface area (Å²) in [6.45, 7) is 3.84. The molecule has 2 amide bonds. The average molecular weight is 343 g/mol. The van der Waals surface area contributed by atoms with E-state index in [9.17, 15) is 9.59 Å². The van der Waals surface area contributed by atoms with Gasteiger partial charge in [0.1, 0.15) is 17.9 Å². The second-order valence-electron chi connectivity index (χ2n) is 6.56. The van der Waals surface area contributed by atoms with Crippen molar-refractivity contribution in [2.75, 3.05) is 37.0 Å². The summed E-state index contributed by atoms with van der Waals surface area (Å²) in [5.41, 5.74) is 8.91. The Balaban J connectivity index is 1.78. The summed E-state index contributed by atoms with van der Waals surface area (Å²) in [6, 6.07) is 5.65. The van der Waals surface area contributed by atoms with Crippen molar-refractivity contribution in [1.82, 2.24) is 5.73 Å². The van der Waals surface area contributed by atoms with Crippen molar-refractivity contribution in [2.45, 2.75) is 26.2 Å². The number of rotatable bonds is 4. The molecule has 1 aliphatic carbocycles. The molecular weight excluding hydrogens is 320 g/mol. The van der Waals surface area contributed by atoms with Crippen LogP contribution in [-0.2, 0) is 14.3 Å². The Kier molecular flexibility index (Phi) is 4.76. The minimum absolute atomic E-state index is 0.368. The van der Waals surface area contributed by atoms with Crippen LogP contribution in [-0.4, -0.2) is 44.5 Å². The molecule has 1 aliphatic heterocycles. The maximum atomic E-state index is 12.5. The third-order valence-electron chi connectivity index (χ3n) is 5.08. The van der Waals surface area contributed by atoms with E-state index in [0.29, 0.717) is 31.7 Å². The molecule has 1 saturated carbocycles. The van der Waals surface area contributed by atoms with Gasteiger partial charge in [-0.15, -0.1) is 0 Å². The first-order valence-electron chi connectivity index (χ1n) is 8.47. The topological polar surface area (TPSA) is 94.8 Å². The Morgan fingerprint density at radius 3 is 2.68 bits per heavy atom. The highest BCUT2D eigenvalue weighted by atomic mass is 16.5. The molecule has 2 aliphatic rings. The Morgan fingerprint density at radius 2 is 2.12 bits per heavy atom. The second-order valence-corrected chi connectivity index (χ2v) is 6.56. The number of hydrogen-bond donors (Lipinski definition) is 1. The first-order chi connectivity index (χ1) is 12.0. The van der Waals surface area contributed by atoms with Crippen molar-refractivity contribution < 1.29 is 14.3 Å². The predicted octanol–water partition coefficient (Wildman–Crippen LogP) is 1.78. The maximum Gasteiger partial charge on any atom is 0.254 e. The molecule has 2 N–H and O–H groups in total. The van der Waals surface area contributed by atoms with E-state index in [1.165, 1.54) is 0 Å². The quantitative estimate of drug-likeness (QED) is 0.843. The van der Waals surface area contributed by atoms with Gasteiger partial charge in [-0.05, 0) is 43.5 Å². The second kappa shape index (κ2) is 6.84. The smallest absolute Gasteiger partial charge is 0.254 e. The molecule has 2 fully saturated rings. The number of anilines is 2. The van der Waals surface area contributed by atoms with Gasteiger partial charge in [0.2, 0.25) is 5.91 Å². The third kappa shape index (κ3) is 3.11. The molecule has 0 aromatic heterocycles. The van der Waals surface area contributed by atoms with Crippen LogP contribution in [0.15, 0.2) is 23.2 Å². The highest BCUT2D eigenvalue weighted by molar-refractivity contribution is 6.10. The third-order valence-corrected chi connectivity index (χ3v) is 5.08. The van der Waals surface area contributed by atoms with Gasteiger partial charge >= 0.3 is 0 Å². The van der Waals surface area contributed by atoms with E-state index in [4.69, 9.17) is 10.5 Å². The summed E-state index contributed by atoms with van der Waals surface area (Å²) in [6.07, 6.45) is 1.73. The molecule has 133 valence electrons. The van der Waals surface area contributed by atoms with Crippen molar-refractivity contribution in [2.24, 2.45) is 10.4 Å². The maximum absolute atomic E-state index is 12.5. The number of carbonyl (C=O) groups is 2. The number of amides is 2. The van der Waals surface area contributed by atoms with Crippen LogP contribution in [0, 0.1) is 12.3 Å². The number of ether oxygens (including phenoxy) is 1. The van der Waals surface area contributed by atoms with Crippen molar-refractivity contribution in [1.29, 1.82) is 0 Å². The van der Waals surface area contributed by atoms with Crippen molar-refractivity contribution >= 4 is 29.0 Å². The monoisotopic (exact) mass is 343 g/mol. The zero-order chi connectivity index (χ0) is 18.0. The van der Waals surface area contributed by atoms with Gasteiger partial charge in [-0.2, -0.15) is 0 Å². The van der Waals surface area contributed by atoms with Crippen LogP contribution in [0.2, 0.25) is 0 Å². The van der Waals surface area contributed by atoms with Crippen molar-refractivity contribution in [3.63, 3.8) is 0 Å². The lowest BCUT2D eigenvalue weighted by molar-refractivity contribution is -0.144. The Labute approximate surface area is 147 Å². The van der Waals surface area contributed by atoms with E-state index >= 15 is 0 Å². The minimum Gasteiger partial charge on any atom is -0.372 e. The van der Waals surface area contributed by atoms with Gasteiger partial charge in [0.15, 0.2) is 0 Å². The molecule has 0 unspecified atom stereocenters. The van der Waals surface area contributed by atoms with Crippen LogP contribution >= 0.6 is 0 Å². The number of carbonyl (C=O) groups excluding carboxylic acids is 2. The lowest BCUT2D eigenvalue weighted by Gasteiger charge is -2.36. The lowest BCUT2D eigenvalue weighted by Crippen LogP contribution is -2.48. The Morgan fingerprint density at radius 1 is 1.36 bits per heavy atom. The zero-order valence-electron chi connectivity index (χ0n) is 14.6. The standard InChI is InChI=1S/C18H23N4O3/c1-12-10-13(21-17(24)18(16(19)23)6-3-7-18)4-5-14(12)22-8-9-25-11-15(22)20-2/h4-5,10,19H,3,6-9,11H2,1-2H3,(H,21,24). The van der Waals surface area contributed by atoms with Crippen LogP contribution in [0.5, 0.6) is 0 Å². The highest BCUT2D eigenvalue weighted by Crippen LogP contribution is 2.42. The fraction of sp³-hybridized carbons (Fsp3) is 0.500. The number of nitrogens with zero attached hydrogens (tertiary/aromatic N) is 2. The molecular formula is C18H23N4O3. The van der Waals surface area contributed by atoms with E-state index < -0.39 is 11.3 Å². The van der Waals surface area contributed by atoms with E-state index in [1.54, 1.807) is 7.05 Å². The highest BCUT2D eigenvalue weighted by Gasteiger charge is 2.50. The van der Waals surface area contributed by atoms with Gasteiger partial charge in [0.05, 0.1) is 6.61 Å². The molecule has 1 aromatic carbocycles. The first kappa shape index (κ1) is 17.4. The van der Waals surface area contributed by atoms with E-state index in [0.717, 1.165) is 30.1 Å². The van der Waals surface area contributed by atoms with Crippen LogP contribution < -0.4 is 16.0 Å². The first-order valence-corrected chi connectivity index (χ1v) is 8.47. The van der Waals surface area contributed by atoms with Gasteiger partial charge in [0.25, 0.3) is 5.91 Å². The predicted molar refractivity (Wildman–Crippen MR) is 95.7 cm³/mol. The molecule has 7 heteroatoms. The summed E-state index contributed by atoms with van der Waals surface area (Å²) in [7, 11) is 1.75. The van der Waals surface area contributed by atoms with Crippen molar-refractivity contribution in [3.8, 4) is 0 Å². The number of morpholine rings is 1. The van der Waals surface area contributed by atoms with Gasteiger partial charge in [-0.3, -0.25) is 20.3 Å². The normalized spacial score (nSPS) is 20.9. The number of benzene rings is 1. The van der Waals surface area contributed by atoms with Gasteiger partial charge in [0, 0.05) is 25.0 Å². The molecule has 1 aromatic rings. The molecule has 0 spiro atoms. The van der Waals surface area contributed by atoms with Crippen LogP contribution in [0.25, 0.3) is 0 Å². The number of hydrogen-bond acceptors (Lipinski definition) is 4. The summed E-state index contributed by atoms with van der Waals surface area (Å²) in [5, 5.41) is 2.81. The molecule has 0 bridgehead atoms. The van der Waals surface area contributed by atoms with E-state index in [1.807, 2.05) is 25.1 Å². The lowest BCUT2D eigenvalue weighted by atomic mass is 9.67. The summed E-state index contributed by atoms with van der Waals surface area (Å²) in [4.78, 5) is 30.4. The van der Waals surface area contributed by atoms with Crippen LogP contribution in [0.3, 0.4) is 0 Å².